The van der Waals surface area contributed by atoms with E-state index >= 15 is 0 Å². The molecule has 0 aliphatic rings. The molecule has 0 aromatic heterocycles. The molecular weight excluding hydrogens is 96.1 g/mol. The maximum Gasteiger partial charge on any atom is -0.0564 e. The van der Waals surface area contributed by atoms with Gasteiger partial charge in [0.1, 0.15) is 0 Å². The maximum absolute atomic E-state index is 3.36. The molecule has 0 unspecified atom stereocenters. The molecule has 0 bridgehead atoms. The lowest BCUT2D eigenvalue weighted by Gasteiger charge is -1.68. The molecule has 0 radical (unpaired) electrons. The van der Waals surface area contributed by atoms with Crippen molar-refractivity contribution in [3.63, 3.8) is 0 Å². The summed E-state index contributed by atoms with van der Waals surface area (Å²) in [5.74, 6) is 0. The van der Waals surface area contributed by atoms with Gasteiger partial charge in [-0.15, -0.1) is 0 Å². The fourth-order valence-electron chi connectivity index (χ4n) is 0. The highest BCUT2D eigenvalue weighted by Gasteiger charge is 1.56. The van der Waals surface area contributed by atoms with Crippen molar-refractivity contribution in [1.82, 2.24) is 0 Å². The molecule has 0 atom stereocenters. The van der Waals surface area contributed by atoms with E-state index < -0.39 is 0 Å². The van der Waals surface area contributed by atoms with Crippen molar-refractivity contribution in [3.8, 4) is 0 Å². The molecule has 0 saturated heterocycles. The highest BCUT2D eigenvalue weighted by molar-refractivity contribution is 4.88. The van der Waals surface area contributed by atoms with Gasteiger partial charge < -0.3 is 0 Å². The van der Waals surface area contributed by atoms with Crippen LogP contribution in [0.5, 0.6) is 0 Å². The second kappa shape index (κ2) is 16.1. The summed E-state index contributed by atoms with van der Waals surface area (Å²) in [7, 11) is 0. The summed E-state index contributed by atoms with van der Waals surface area (Å²) in [6.07, 6.45) is 5.92. The lowest BCUT2D eigenvalue weighted by Crippen LogP contribution is -1.47. The van der Waals surface area contributed by atoms with Crippen LogP contribution in [0.3, 0.4) is 0 Å². The highest BCUT2D eigenvalue weighted by Crippen LogP contribution is 1.76. The summed E-state index contributed by atoms with van der Waals surface area (Å²) in [5, 5.41) is 0. The van der Waals surface area contributed by atoms with E-state index in [0.29, 0.717) is 0 Å². The Morgan fingerprint density at radius 3 is 1.25 bits per heavy atom. The molecule has 0 heteroatoms. The first-order valence-electron chi connectivity index (χ1n) is 3.06. The van der Waals surface area contributed by atoms with Gasteiger partial charge in [0.05, 0.1) is 0 Å². The van der Waals surface area contributed by atoms with Crippen molar-refractivity contribution in [2.45, 2.75) is 26.7 Å². The molecule has 0 rings (SSSR count). The number of rotatable bonds is 2. The first-order chi connectivity index (χ1) is 3.83. The molecule has 0 spiro atoms. The third kappa shape index (κ3) is 50.2. The fraction of sp³-hybridized carbons (Fsp3) is 0.500. The lowest BCUT2D eigenvalue weighted by molar-refractivity contribution is 0.886. The minimum Gasteiger partial charge on any atom is -0.0991 e. The Bertz CT molecular complexity index is 36.0. The van der Waals surface area contributed by atoms with Crippen molar-refractivity contribution in [3.05, 3.63) is 25.3 Å². The molecule has 0 fully saturated rings. The van der Waals surface area contributed by atoms with Crippen molar-refractivity contribution in [2.75, 3.05) is 0 Å². The van der Waals surface area contributed by atoms with E-state index in [1.165, 1.54) is 12.8 Å². The molecular formula is C8H16. The maximum atomic E-state index is 3.36. The topological polar surface area (TPSA) is 0 Å². The van der Waals surface area contributed by atoms with Crippen LogP contribution >= 0.6 is 0 Å². The summed E-state index contributed by atoms with van der Waals surface area (Å²) < 4.78 is 0. The lowest BCUT2D eigenvalue weighted by atomic mass is 10.4. The van der Waals surface area contributed by atoms with Gasteiger partial charge in [0.15, 0.2) is 0 Å². The third-order valence-corrected chi connectivity index (χ3v) is 0.667. The zero-order chi connectivity index (χ0) is 6.83. The van der Waals surface area contributed by atoms with Gasteiger partial charge in [0.2, 0.25) is 0 Å². The predicted octanol–water partition coefficient (Wildman–Crippen LogP) is 3.16. The average Bonchev–Trinajstić information content (AvgIpc) is 1.88. The van der Waals surface area contributed by atoms with Crippen LogP contribution in [0.2, 0.25) is 0 Å². The van der Waals surface area contributed by atoms with Gasteiger partial charge in [-0.05, 0) is 0 Å². The smallest absolute Gasteiger partial charge is 0.0564 e. The Morgan fingerprint density at radius 1 is 1.00 bits per heavy atom. The molecule has 8 heavy (non-hydrogen) atoms. The van der Waals surface area contributed by atoms with Gasteiger partial charge in [-0.1, -0.05) is 52.0 Å². The second-order valence-corrected chi connectivity index (χ2v) is 1.47. The molecule has 0 nitrogen and oxygen atoms in total. The molecule has 0 aromatic rings. The number of allylic oxidation sites excluding steroid dienone is 2. The van der Waals surface area contributed by atoms with E-state index in [2.05, 4.69) is 27.0 Å². The van der Waals surface area contributed by atoms with Gasteiger partial charge >= 0.3 is 0 Å². The van der Waals surface area contributed by atoms with Crippen molar-refractivity contribution >= 4 is 0 Å². The average molecular weight is 112 g/mol. The van der Waals surface area contributed by atoms with Crippen molar-refractivity contribution < 1.29 is 0 Å². The second-order valence-electron chi connectivity index (χ2n) is 1.47. The van der Waals surface area contributed by atoms with Crippen molar-refractivity contribution in [2.24, 2.45) is 0 Å². The summed E-state index contributed by atoms with van der Waals surface area (Å²) in [6, 6.07) is 0. The zero-order valence-electron chi connectivity index (χ0n) is 5.98. The summed E-state index contributed by atoms with van der Waals surface area (Å²) in [4.78, 5) is 0. The fourth-order valence-corrected chi connectivity index (χ4v) is 0. The molecule has 0 N–H and O–H groups in total. The Hall–Kier alpha value is -0.520. The van der Waals surface area contributed by atoms with Gasteiger partial charge in [0.25, 0.3) is 0 Å². The van der Waals surface area contributed by atoms with Crippen LogP contribution in [0, 0.1) is 0 Å². The van der Waals surface area contributed by atoms with E-state index in [0.717, 1.165) is 0 Å². The van der Waals surface area contributed by atoms with Crippen LogP contribution in [0.1, 0.15) is 26.7 Å². The quantitative estimate of drug-likeness (QED) is 0.481. The van der Waals surface area contributed by atoms with Crippen LogP contribution < -0.4 is 0 Å². The number of hydrogen-bond acceptors (Lipinski definition) is 0. The first kappa shape index (κ1) is 10.5. The normalized spacial score (nSPS) is 6.25. The van der Waals surface area contributed by atoms with Crippen LogP contribution in [0.15, 0.2) is 25.3 Å². The van der Waals surface area contributed by atoms with E-state index in [1.807, 2.05) is 0 Å². The van der Waals surface area contributed by atoms with Gasteiger partial charge in [0, 0.05) is 0 Å². The molecule has 0 heterocycles. The minimum absolute atomic E-state index is 1.32. The molecule has 0 aliphatic carbocycles. The van der Waals surface area contributed by atoms with Gasteiger partial charge in [-0.25, -0.2) is 0 Å². The minimum atomic E-state index is 1.32. The standard InChI is InChI=1S/C4H10.C4H6/c2*1-3-4-2/h3-4H2,1-2H3;3-4H,1-2H2. The number of hydrogen-bond donors (Lipinski definition) is 0. The monoisotopic (exact) mass is 112 g/mol. The van der Waals surface area contributed by atoms with E-state index in [9.17, 15) is 0 Å². The Morgan fingerprint density at radius 2 is 1.25 bits per heavy atom. The van der Waals surface area contributed by atoms with Crippen LogP contribution in [0.25, 0.3) is 0 Å². The van der Waals surface area contributed by atoms with Crippen LogP contribution in [-0.4, -0.2) is 0 Å². The Balaban J connectivity index is 0. The predicted molar refractivity (Wildman–Crippen MR) is 41.0 cm³/mol. The van der Waals surface area contributed by atoms with Gasteiger partial charge in [-0.2, -0.15) is 0 Å². The Kier molecular flexibility index (Phi) is 21.0. The largest absolute Gasteiger partial charge is 0.0991 e. The summed E-state index contributed by atoms with van der Waals surface area (Å²) in [5.41, 5.74) is 0. The van der Waals surface area contributed by atoms with E-state index in [-0.39, 0.29) is 0 Å². The third-order valence-electron chi connectivity index (χ3n) is 0.667. The van der Waals surface area contributed by atoms with E-state index in [4.69, 9.17) is 0 Å². The number of unbranched alkanes of at least 4 members (excludes halogenated alkanes) is 1. The summed E-state index contributed by atoms with van der Waals surface area (Å²) in [6.45, 7) is 11.1. The SMILES string of the molecule is C=CC=C.CCCC. The van der Waals surface area contributed by atoms with Crippen molar-refractivity contribution in [1.29, 1.82) is 0 Å². The molecule has 48 valence electrons. The summed E-state index contributed by atoms with van der Waals surface area (Å²) >= 11 is 0. The molecule has 0 aromatic carbocycles. The van der Waals surface area contributed by atoms with Crippen LogP contribution in [0.4, 0.5) is 0 Å². The first-order valence-corrected chi connectivity index (χ1v) is 3.06. The Labute approximate surface area is 52.9 Å². The zero-order valence-corrected chi connectivity index (χ0v) is 5.98. The van der Waals surface area contributed by atoms with E-state index in [1.54, 1.807) is 12.2 Å². The molecule has 0 aliphatic heterocycles. The molecule has 0 amide bonds. The highest BCUT2D eigenvalue weighted by atomic mass is 13.6. The molecule has 0 saturated carbocycles. The van der Waals surface area contributed by atoms with Crippen LogP contribution in [-0.2, 0) is 0 Å². The van der Waals surface area contributed by atoms with Gasteiger partial charge in [-0.3, -0.25) is 0 Å².